The highest BCUT2D eigenvalue weighted by Crippen LogP contribution is 2.20. The van der Waals surface area contributed by atoms with Gasteiger partial charge in [-0.15, -0.1) is 24.8 Å². The first-order valence-corrected chi connectivity index (χ1v) is 8.66. The van der Waals surface area contributed by atoms with Crippen LogP contribution in [-0.2, 0) is 16.0 Å². The van der Waals surface area contributed by atoms with Gasteiger partial charge in [-0.25, -0.2) is 0 Å². The molecule has 0 bridgehead atoms. The molecule has 5 nitrogen and oxygen atoms in total. The zero-order valence-corrected chi connectivity index (χ0v) is 16.2. The van der Waals surface area contributed by atoms with E-state index in [1.165, 1.54) is 6.42 Å². The lowest BCUT2D eigenvalue weighted by Crippen LogP contribution is -2.51. The molecule has 2 heterocycles. The van der Waals surface area contributed by atoms with Gasteiger partial charge in [0.2, 0.25) is 5.91 Å². The first-order chi connectivity index (χ1) is 11.2. The number of nitrogens with zero attached hydrogens (tertiary/aromatic N) is 2. The van der Waals surface area contributed by atoms with Gasteiger partial charge in [-0.3, -0.25) is 9.69 Å². The van der Waals surface area contributed by atoms with Crippen LogP contribution in [0.2, 0.25) is 0 Å². The van der Waals surface area contributed by atoms with Crippen LogP contribution in [0.4, 0.5) is 5.69 Å². The third-order valence-corrected chi connectivity index (χ3v) is 4.86. The first-order valence-electron chi connectivity index (χ1n) is 8.66. The van der Waals surface area contributed by atoms with Crippen molar-refractivity contribution in [3.63, 3.8) is 0 Å². The van der Waals surface area contributed by atoms with Crippen molar-refractivity contribution in [1.29, 1.82) is 0 Å². The van der Waals surface area contributed by atoms with Crippen molar-refractivity contribution in [2.45, 2.75) is 31.7 Å². The molecule has 2 saturated heterocycles. The van der Waals surface area contributed by atoms with Gasteiger partial charge in [-0.2, -0.15) is 0 Å². The second-order valence-electron chi connectivity index (χ2n) is 6.57. The summed E-state index contributed by atoms with van der Waals surface area (Å²) in [4.78, 5) is 17.3. The second-order valence-corrected chi connectivity index (χ2v) is 6.57. The van der Waals surface area contributed by atoms with E-state index in [0.717, 1.165) is 63.5 Å². The molecule has 0 aliphatic carbocycles. The van der Waals surface area contributed by atoms with Gasteiger partial charge in [-0.05, 0) is 37.0 Å². The highest BCUT2D eigenvalue weighted by molar-refractivity contribution is 5.85. The number of likely N-dealkylation sites (tertiary alicyclic amines) is 1. The summed E-state index contributed by atoms with van der Waals surface area (Å²) >= 11 is 0. The zero-order chi connectivity index (χ0) is 16.1. The number of benzene rings is 1. The maximum absolute atomic E-state index is 12.8. The number of piperidine rings is 1. The molecule has 3 rings (SSSR count). The van der Waals surface area contributed by atoms with E-state index in [9.17, 15) is 4.79 Å². The van der Waals surface area contributed by atoms with E-state index in [0.29, 0.717) is 12.5 Å². The number of carbonyl (C=O) groups is 1. The van der Waals surface area contributed by atoms with Gasteiger partial charge in [0.1, 0.15) is 0 Å². The van der Waals surface area contributed by atoms with Gasteiger partial charge in [-0.1, -0.05) is 12.1 Å². The molecule has 0 radical (unpaired) electrons. The normalized spacial score (nSPS) is 21.1. The van der Waals surface area contributed by atoms with Gasteiger partial charge in [0.25, 0.3) is 0 Å². The van der Waals surface area contributed by atoms with Crippen molar-refractivity contribution in [1.82, 2.24) is 9.80 Å². The summed E-state index contributed by atoms with van der Waals surface area (Å²) in [6.07, 6.45) is 3.93. The molecule has 1 atom stereocenters. The van der Waals surface area contributed by atoms with Crippen LogP contribution >= 0.6 is 24.8 Å². The molecule has 1 aromatic rings. The molecular formula is C18H29Cl2N3O2. The minimum Gasteiger partial charge on any atom is -0.399 e. The van der Waals surface area contributed by atoms with Gasteiger partial charge in [0.15, 0.2) is 0 Å². The second kappa shape index (κ2) is 10.9. The van der Waals surface area contributed by atoms with E-state index in [2.05, 4.69) is 9.80 Å². The Bertz CT molecular complexity index is 522. The average Bonchev–Trinajstić information content (AvgIpc) is 2.58. The van der Waals surface area contributed by atoms with Crippen molar-refractivity contribution in [2.75, 3.05) is 45.1 Å². The molecule has 2 N–H and O–H groups in total. The quantitative estimate of drug-likeness (QED) is 0.802. The Kier molecular flexibility index (Phi) is 9.57. The van der Waals surface area contributed by atoms with E-state index >= 15 is 0 Å². The van der Waals surface area contributed by atoms with Crippen molar-refractivity contribution in [2.24, 2.45) is 0 Å². The number of morpholine rings is 1. The molecular weight excluding hydrogens is 361 g/mol. The number of hydrogen-bond acceptors (Lipinski definition) is 4. The van der Waals surface area contributed by atoms with Crippen LogP contribution in [0.15, 0.2) is 24.3 Å². The molecule has 0 spiro atoms. The Hall–Kier alpha value is -1.01. The van der Waals surface area contributed by atoms with Crippen LogP contribution in [0.25, 0.3) is 0 Å². The summed E-state index contributed by atoms with van der Waals surface area (Å²) in [7, 11) is 0. The molecule has 1 amide bonds. The molecule has 1 unspecified atom stereocenters. The molecule has 2 aliphatic rings. The summed E-state index contributed by atoms with van der Waals surface area (Å²) in [5.74, 6) is 0.243. The molecule has 25 heavy (non-hydrogen) atoms. The first kappa shape index (κ1) is 22.0. The highest BCUT2D eigenvalue weighted by Gasteiger charge is 2.28. The molecule has 0 aromatic heterocycles. The van der Waals surface area contributed by atoms with Crippen LogP contribution in [0.1, 0.15) is 24.8 Å². The van der Waals surface area contributed by atoms with Gasteiger partial charge in [0, 0.05) is 37.9 Å². The Morgan fingerprint density at radius 2 is 1.76 bits per heavy atom. The number of ether oxygens (including phenoxy) is 1. The molecule has 7 heteroatoms. The molecule has 142 valence electrons. The summed E-state index contributed by atoms with van der Waals surface area (Å²) < 4.78 is 5.42. The van der Waals surface area contributed by atoms with Crippen molar-refractivity contribution < 1.29 is 9.53 Å². The van der Waals surface area contributed by atoms with E-state index < -0.39 is 0 Å². The SMILES string of the molecule is Cl.Cl.Nc1ccc(CC(=O)N2CCCCC2CN2CCOCC2)cc1. The highest BCUT2D eigenvalue weighted by atomic mass is 35.5. The Morgan fingerprint density at radius 3 is 2.44 bits per heavy atom. The predicted octanol–water partition coefficient (Wildman–Crippen LogP) is 2.37. The number of hydrogen-bond donors (Lipinski definition) is 1. The number of halogens is 2. The van der Waals surface area contributed by atoms with E-state index in [-0.39, 0.29) is 30.7 Å². The standard InChI is InChI=1S/C18H27N3O2.2ClH/c19-16-6-4-15(5-7-16)13-18(22)21-8-2-1-3-17(21)14-20-9-11-23-12-10-20;;/h4-7,17H,1-3,8-14,19H2;2*1H. The van der Waals surface area contributed by atoms with E-state index in [4.69, 9.17) is 10.5 Å². The topological polar surface area (TPSA) is 58.8 Å². The number of nitrogens with two attached hydrogens (primary N) is 1. The van der Waals surface area contributed by atoms with Crippen LogP contribution in [0.5, 0.6) is 0 Å². The fourth-order valence-electron chi connectivity index (χ4n) is 3.51. The van der Waals surface area contributed by atoms with Crippen LogP contribution < -0.4 is 5.73 Å². The molecule has 0 saturated carbocycles. The number of nitrogen functional groups attached to an aromatic ring is 1. The average molecular weight is 390 g/mol. The third-order valence-electron chi connectivity index (χ3n) is 4.86. The maximum atomic E-state index is 12.8. The Labute approximate surface area is 162 Å². The van der Waals surface area contributed by atoms with Gasteiger partial charge < -0.3 is 15.4 Å². The Morgan fingerprint density at radius 1 is 1.08 bits per heavy atom. The summed E-state index contributed by atoms with van der Waals surface area (Å²) in [6.45, 7) is 5.46. The van der Waals surface area contributed by atoms with Gasteiger partial charge >= 0.3 is 0 Å². The number of amides is 1. The predicted molar refractivity (Wildman–Crippen MR) is 106 cm³/mol. The van der Waals surface area contributed by atoms with Gasteiger partial charge in [0.05, 0.1) is 19.6 Å². The van der Waals surface area contributed by atoms with Crippen LogP contribution in [-0.4, -0.2) is 61.1 Å². The number of rotatable bonds is 4. The van der Waals surface area contributed by atoms with Crippen molar-refractivity contribution in [3.05, 3.63) is 29.8 Å². The van der Waals surface area contributed by atoms with Crippen molar-refractivity contribution in [3.8, 4) is 0 Å². The molecule has 2 aliphatic heterocycles. The zero-order valence-electron chi connectivity index (χ0n) is 14.6. The third kappa shape index (κ3) is 6.33. The monoisotopic (exact) mass is 389 g/mol. The largest absolute Gasteiger partial charge is 0.399 e. The van der Waals surface area contributed by atoms with Crippen molar-refractivity contribution >= 4 is 36.4 Å². The summed E-state index contributed by atoms with van der Waals surface area (Å²) in [5, 5.41) is 0. The lowest BCUT2D eigenvalue weighted by Gasteiger charge is -2.39. The minimum atomic E-state index is 0. The summed E-state index contributed by atoms with van der Waals surface area (Å²) in [5.41, 5.74) is 7.50. The lowest BCUT2D eigenvalue weighted by molar-refractivity contribution is -0.134. The lowest BCUT2D eigenvalue weighted by atomic mass is 10.00. The fraction of sp³-hybridized carbons (Fsp3) is 0.611. The number of carbonyl (C=O) groups excluding carboxylic acids is 1. The maximum Gasteiger partial charge on any atom is 0.227 e. The molecule has 2 fully saturated rings. The fourth-order valence-corrected chi connectivity index (χ4v) is 3.51. The molecule has 1 aromatic carbocycles. The van der Waals surface area contributed by atoms with Crippen LogP contribution in [0, 0.1) is 0 Å². The minimum absolute atomic E-state index is 0. The van der Waals surface area contributed by atoms with E-state index in [1.54, 1.807) is 0 Å². The smallest absolute Gasteiger partial charge is 0.227 e. The number of anilines is 1. The Balaban J connectivity index is 0.00000156. The van der Waals surface area contributed by atoms with Crippen LogP contribution in [0.3, 0.4) is 0 Å². The van der Waals surface area contributed by atoms with E-state index in [1.807, 2.05) is 24.3 Å². The summed E-state index contributed by atoms with van der Waals surface area (Å²) in [6, 6.07) is 7.99.